The monoisotopic (exact) mass is 357 g/mol. The van der Waals surface area contributed by atoms with Crippen LogP contribution in [0.2, 0.25) is 0 Å². The first-order valence-electron chi connectivity index (χ1n) is 7.90. The van der Waals surface area contributed by atoms with E-state index in [1.165, 1.54) is 40.9 Å². The normalized spacial score (nSPS) is 24.0. The molecule has 0 aliphatic heterocycles. The molecule has 0 amide bonds. The van der Waals surface area contributed by atoms with E-state index in [2.05, 4.69) is 54.2 Å². The minimum absolute atomic E-state index is 0.505. The summed E-state index contributed by atoms with van der Waals surface area (Å²) in [5.41, 5.74) is 0.505. The Labute approximate surface area is 136 Å². The Morgan fingerprint density at radius 1 is 1.20 bits per heavy atom. The van der Waals surface area contributed by atoms with E-state index in [9.17, 15) is 0 Å². The van der Waals surface area contributed by atoms with E-state index in [0.29, 0.717) is 5.41 Å². The zero-order chi connectivity index (χ0) is 14.6. The lowest BCUT2D eigenvalue weighted by atomic mass is 9.70. The van der Waals surface area contributed by atoms with Gasteiger partial charge >= 0.3 is 0 Å². The third-order valence-corrected chi connectivity index (χ3v) is 6.36. The molecule has 0 radical (unpaired) electrons. The van der Waals surface area contributed by atoms with Gasteiger partial charge < -0.3 is 5.32 Å². The lowest BCUT2D eigenvalue weighted by Crippen LogP contribution is -2.31. The van der Waals surface area contributed by atoms with Gasteiger partial charge in [0.25, 0.3) is 0 Å². The Balaban J connectivity index is 1.59. The van der Waals surface area contributed by atoms with Gasteiger partial charge in [-0.15, -0.1) is 11.3 Å². The first kappa shape index (κ1) is 16.5. The van der Waals surface area contributed by atoms with Gasteiger partial charge in [-0.1, -0.05) is 20.8 Å². The van der Waals surface area contributed by atoms with Gasteiger partial charge in [-0.3, -0.25) is 0 Å². The van der Waals surface area contributed by atoms with Crippen LogP contribution in [-0.4, -0.2) is 13.1 Å². The minimum Gasteiger partial charge on any atom is -0.316 e. The molecule has 0 atom stereocenters. The van der Waals surface area contributed by atoms with Crippen LogP contribution < -0.4 is 5.32 Å². The molecule has 0 unspecified atom stereocenters. The predicted molar refractivity (Wildman–Crippen MR) is 93.5 cm³/mol. The first-order chi connectivity index (χ1) is 9.45. The molecule has 1 aromatic rings. The molecule has 1 N–H and O–H groups in total. The molecule has 1 fully saturated rings. The molecule has 0 saturated heterocycles. The zero-order valence-electron chi connectivity index (χ0n) is 13.0. The van der Waals surface area contributed by atoms with Gasteiger partial charge in [-0.2, -0.15) is 0 Å². The summed E-state index contributed by atoms with van der Waals surface area (Å²) in [6.45, 7) is 9.52. The van der Waals surface area contributed by atoms with Crippen molar-refractivity contribution in [3.8, 4) is 0 Å². The summed E-state index contributed by atoms with van der Waals surface area (Å²) in [4.78, 5) is 1.47. The standard InChI is InChI=1S/C17H28BrNS/c1-17(2,3)14-6-4-13(5-7-14)12-19-11-10-15-8-9-16(18)20-15/h8-9,13-14,19H,4-7,10-12H2,1-3H3. The van der Waals surface area contributed by atoms with Crippen molar-refractivity contribution in [3.63, 3.8) is 0 Å². The molecule has 114 valence electrons. The van der Waals surface area contributed by atoms with E-state index in [0.717, 1.165) is 24.8 Å². The van der Waals surface area contributed by atoms with Crippen molar-refractivity contribution >= 4 is 27.3 Å². The summed E-state index contributed by atoms with van der Waals surface area (Å²) in [5, 5.41) is 3.66. The molecule has 0 spiro atoms. The fourth-order valence-electron chi connectivity index (χ4n) is 3.24. The highest BCUT2D eigenvalue weighted by molar-refractivity contribution is 9.11. The highest BCUT2D eigenvalue weighted by atomic mass is 79.9. The van der Waals surface area contributed by atoms with Gasteiger partial charge in [-0.05, 0) is 90.5 Å². The van der Waals surface area contributed by atoms with Gasteiger partial charge in [0.15, 0.2) is 0 Å². The summed E-state index contributed by atoms with van der Waals surface area (Å²) in [7, 11) is 0. The van der Waals surface area contributed by atoms with Gasteiger partial charge in [0.2, 0.25) is 0 Å². The van der Waals surface area contributed by atoms with Gasteiger partial charge in [0, 0.05) is 4.88 Å². The van der Waals surface area contributed by atoms with E-state index in [1.807, 2.05) is 11.3 Å². The zero-order valence-corrected chi connectivity index (χ0v) is 15.4. The smallest absolute Gasteiger partial charge is 0.0701 e. The second kappa shape index (κ2) is 7.42. The summed E-state index contributed by atoms with van der Waals surface area (Å²) < 4.78 is 1.24. The van der Waals surface area contributed by atoms with E-state index in [1.54, 1.807) is 0 Å². The Hall–Kier alpha value is 0.140. The van der Waals surface area contributed by atoms with E-state index < -0.39 is 0 Å². The van der Waals surface area contributed by atoms with E-state index in [-0.39, 0.29) is 0 Å². The molecule has 0 bridgehead atoms. The first-order valence-corrected chi connectivity index (χ1v) is 9.51. The lowest BCUT2D eigenvalue weighted by molar-refractivity contribution is 0.149. The average Bonchev–Trinajstić information content (AvgIpc) is 2.80. The third kappa shape index (κ3) is 5.16. The van der Waals surface area contributed by atoms with Crippen LogP contribution in [0.4, 0.5) is 0 Å². The van der Waals surface area contributed by atoms with Crippen molar-refractivity contribution in [2.45, 2.75) is 52.9 Å². The Bertz CT molecular complexity index is 399. The van der Waals surface area contributed by atoms with Crippen molar-refractivity contribution in [2.24, 2.45) is 17.3 Å². The molecule has 20 heavy (non-hydrogen) atoms. The van der Waals surface area contributed by atoms with Gasteiger partial charge in [-0.25, -0.2) is 0 Å². The Morgan fingerprint density at radius 3 is 2.45 bits per heavy atom. The highest BCUT2D eigenvalue weighted by Crippen LogP contribution is 2.39. The summed E-state index contributed by atoms with van der Waals surface area (Å²) in [6.07, 6.45) is 6.84. The number of hydrogen-bond acceptors (Lipinski definition) is 2. The predicted octanol–water partition coefficient (Wildman–Crippen LogP) is 5.50. The maximum atomic E-state index is 3.66. The molecule has 2 rings (SSSR count). The van der Waals surface area contributed by atoms with Crippen molar-refractivity contribution in [3.05, 3.63) is 20.8 Å². The number of thiophene rings is 1. The summed E-state index contributed by atoms with van der Waals surface area (Å²) in [6, 6.07) is 4.37. The molecule has 1 aliphatic carbocycles. The Kier molecular flexibility index (Phi) is 6.12. The van der Waals surface area contributed by atoms with Crippen LogP contribution in [0.1, 0.15) is 51.3 Å². The van der Waals surface area contributed by atoms with E-state index >= 15 is 0 Å². The Morgan fingerprint density at radius 2 is 1.90 bits per heavy atom. The number of rotatable bonds is 5. The highest BCUT2D eigenvalue weighted by Gasteiger charge is 2.29. The van der Waals surface area contributed by atoms with Crippen LogP contribution in [0.3, 0.4) is 0 Å². The largest absolute Gasteiger partial charge is 0.316 e. The number of nitrogens with one attached hydrogen (secondary N) is 1. The van der Waals surface area contributed by atoms with Crippen molar-refractivity contribution in [2.75, 3.05) is 13.1 Å². The molecule has 0 aromatic carbocycles. The molecule has 1 saturated carbocycles. The second-order valence-electron chi connectivity index (χ2n) is 7.24. The van der Waals surface area contributed by atoms with Crippen molar-refractivity contribution in [1.82, 2.24) is 5.32 Å². The maximum Gasteiger partial charge on any atom is 0.0701 e. The van der Waals surface area contributed by atoms with Crippen LogP contribution >= 0.6 is 27.3 Å². The quantitative estimate of drug-likeness (QED) is 0.686. The molecule has 1 heterocycles. The lowest BCUT2D eigenvalue weighted by Gasteiger charge is -2.37. The fraction of sp³-hybridized carbons (Fsp3) is 0.765. The fourth-order valence-corrected chi connectivity index (χ4v) is 4.72. The topological polar surface area (TPSA) is 12.0 Å². The molecule has 1 aliphatic rings. The van der Waals surface area contributed by atoms with Gasteiger partial charge in [0.05, 0.1) is 3.79 Å². The SMILES string of the molecule is CC(C)(C)C1CCC(CNCCc2ccc(Br)s2)CC1. The van der Waals surface area contributed by atoms with Gasteiger partial charge in [0.1, 0.15) is 0 Å². The van der Waals surface area contributed by atoms with Crippen LogP contribution in [0.25, 0.3) is 0 Å². The van der Waals surface area contributed by atoms with Crippen LogP contribution in [0.5, 0.6) is 0 Å². The van der Waals surface area contributed by atoms with Crippen molar-refractivity contribution < 1.29 is 0 Å². The summed E-state index contributed by atoms with van der Waals surface area (Å²) in [5.74, 6) is 1.84. The average molecular weight is 358 g/mol. The molecule has 3 heteroatoms. The number of hydrogen-bond donors (Lipinski definition) is 1. The van der Waals surface area contributed by atoms with E-state index in [4.69, 9.17) is 0 Å². The van der Waals surface area contributed by atoms with Crippen LogP contribution in [0.15, 0.2) is 15.9 Å². The molecule has 1 aromatic heterocycles. The van der Waals surface area contributed by atoms with Crippen molar-refractivity contribution in [1.29, 1.82) is 0 Å². The second-order valence-corrected chi connectivity index (χ2v) is 9.79. The maximum absolute atomic E-state index is 3.66. The number of halogens is 1. The summed E-state index contributed by atoms with van der Waals surface area (Å²) >= 11 is 5.38. The third-order valence-electron chi connectivity index (χ3n) is 4.68. The molecular formula is C17H28BrNS. The van der Waals surface area contributed by atoms with Crippen LogP contribution in [-0.2, 0) is 6.42 Å². The van der Waals surface area contributed by atoms with Crippen LogP contribution in [0, 0.1) is 17.3 Å². The molecule has 1 nitrogen and oxygen atoms in total. The molecular weight excluding hydrogens is 330 g/mol. The minimum atomic E-state index is 0.505.